The third kappa shape index (κ3) is 2.82. The van der Waals surface area contributed by atoms with Gasteiger partial charge in [0, 0.05) is 17.5 Å². The van der Waals surface area contributed by atoms with E-state index in [0.29, 0.717) is 0 Å². The first-order chi connectivity index (χ1) is 8.22. The van der Waals surface area contributed by atoms with Crippen molar-refractivity contribution in [3.63, 3.8) is 0 Å². The molecule has 2 atom stereocenters. The van der Waals surface area contributed by atoms with E-state index >= 15 is 0 Å². The third-order valence-electron chi connectivity index (χ3n) is 3.02. The van der Waals surface area contributed by atoms with Crippen molar-refractivity contribution in [1.82, 2.24) is 5.32 Å². The molecular weight excluding hydrogens is 234 g/mol. The Hall–Kier alpha value is -1.00. The van der Waals surface area contributed by atoms with E-state index in [1.807, 2.05) is 12.1 Å². The molecule has 0 spiro atoms. The molecule has 0 radical (unpaired) electrons. The second-order valence-corrected chi connectivity index (χ2v) is 5.26. The normalized spacial score (nSPS) is 24.4. The van der Waals surface area contributed by atoms with E-state index in [9.17, 15) is 4.79 Å². The molecule has 0 bridgehead atoms. The predicted molar refractivity (Wildman–Crippen MR) is 70.2 cm³/mol. The lowest BCUT2D eigenvalue weighted by Gasteiger charge is -2.30. The fourth-order valence-electron chi connectivity index (χ4n) is 2.08. The molecular formula is C13H17NO2S. The van der Waals surface area contributed by atoms with Gasteiger partial charge in [0.15, 0.2) is 0 Å². The molecule has 1 heterocycles. The Labute approximate surface area is 106 Å². The SMILES string of the molecule is COC(=O)C1CSCC(c2ccccc2C)N1. The number of benzene rings is 1. The highest BCUT2D eigenvalue weighted by molar-refractivity contribution is 7.99. The van der Waals surface area contributed by atoms with Gasteiger partial charge in [0.2, 0.25) is 0 Å². The zero-order valence-electron chi connectivity index (χ0n) is 10.1. The van der Waals surface area contributed by atoms with Crippen molar-refractivity contribution in [3.05, 3.63) is 35.4 Å². The Morgan fingerprint density at radius 2 is 2.18 bits per heavy atom. The van der Waals surface area contributed by atoms with Gasteiger partial charge in [0.1, 0.15) is 6.04 Å². The summed E-state index contributed by atoms with van der Waals surface area (Å²) in [5, 5.41) is 3.37. The number of carbonyl (C=O) groups excluding carboxylic acids is 1. The van der Waals surface area contributed by atoms with Crippen LogP contribution in [-0.4, -0.2) is 30.6 Å². The van der Waals surface area contributed by atoms with Gasteiger partial charge >= 0.3 is 5.97 Å². The van der Waals surface area contributed by atoms with E-state index in [0.717, 1.165) is 11.5 Å². The summed E-state index contributed by atoms with van der Waals surface area (Å²) in [5.74, 6) is 1.61. The molecule has 0 aliphatic carbocycles. The molecule has 0 amide bonds. The van der Waals surface area contributed by atoms with Crippen LogP contribution in [-0.2, 0) is 9.53 Å². The summed E-state index contributed by atoms with van der Waals surface area (Å²) < 4.78 is 4.79. The quantitative estimate of drug-likeness (QED) is 0.815. The standard InChI is InChI=1S/C13H17NO2S/c1-9-5-3-4-6-10(9)11-7-17-8-12(14-11)13(15)16-2/h3-6,11-12,14H,7-8H2,1-2H3. The highest BCUT2D eigenvalue weighted by Crippen LogP contribution is 2.26. The number of carbonyl (C=O) groups is 1. The topological polar surface area (TPSA) is 38.3 Å². The first-order valence-electron chi connectivity index (χ1n) is 5.69. The van der Waals surface area contributed by atoms with Crippen LogP contribution < -0.4 is 5.32 Å². The van der Waals surface area contributed by atoms with E-state index in [2.05, 4.69) is 24.4 Å². The highest BCUT2D eigenvalue weighted by atomic mass is 32.2. The van der Waals surface area contributed by atoms with Crippen molar-refractivity contribution in [1.29, 1.82) is 0 Å². The van der Waals surface area contributed by atoms with Crippen LogP contribution in [0.2, 0.25) is 0 Å². The van der Waals surface area contributed by atoms with E-state index < -0.39 is 0 Å². The Kier molecular flexibility index (Phi) is 4.07. The van der Waals surface area contributed by atoms with Crippen molar-refractivity contribution < 1.29 is 9.53 Å². The summed E-state index contributed by atoms with van der Waals surface area (Å²) in [6, 6.07) is 8.34. The van der Waals surface area contributed by atoms with Gasteiger partial charge in [-0.15, -0.1) is 0 Å². The van der Waals surface area contributed by atoms with Crippen LogP contribution in [0.4, 0.5) is 0 Å². The Balaban J connectivity index is 2.12. The first-order valence-corrected chi connectivity index (χ1v) is 6.85. The second-order valence-electron chi connectivity index (χ2n) is 4.19. The van der Waals surface area contributed by atoms with Gasteiger partial charge in [0.05, 0.1) is 7.11 Å². The lowest BCUT2D eigenvalue weighted by Crippen LogP contribution is -2.46. The van der Waals surface area contributed by atoms with Gasteiger partial charge in [-0.05, 0) is 18.1 Å². The van der Waals surface area contributed by atoms with Crippen molar-refractivity contribution >= 4 is 17.7 Å². The largest absolute Gasteiger partial charge is 0.468 e. The molecule has 17 heavy (non-hydrogen) atoms. The molecule has 3 nitrogen and oxygen atoms in total. The van der Waals surface area contributed by atoms with Gasteiger partial charge < -0.3 is 4.74 Å². The first kappa shape index (κ1) is 12.5. The number of aryl methyl sites for hydroxylation is 1. The molecule has 1 aromatic rings. The van der Waals surface area contributed by atoms with Crippen LogP contribution in [0.1, 0.15) is 17.2 Å². The van der Waals surface area contributed by atoms with E-state index in [4.69, 9.17) is 4.74 Å². The van der Waals surface area contributed by atoms with E-state index in [-0.39, 0.29) is 18.1 Å². The molecule has 0 aromatic heterocycles. The van der Waals surface area contributed by atoms with Gasteiger partial charge in [0.25, 0.3) is 0 Å². The molecule has 92 valence electrons. The summed E-state index contributed by atoms with van der Waals surface area (Å²) in [4.78, 5) is 11.5. The minimum absolute atomic E-state index is 0.171. The maximum absolute atomic E-state index is 11.5. The minimum Gasteiger partial charge on any atom is -0.468 e. The molecule has 1 fully saturated rings. The summed E-state index contributed by atoms with van der Waals surface area (Å²) >= 11 is 1.80. The van der Waals surface area contributed by atoms with Crippen molar-refractivity contribution in [3.8, 4) is 0 Å². The van der Waals surface area contributed by atoms with Crippen LogP contribution in [0.15, 0.2) is 24.3 Å². The highest BCUT2D eigenvalue weighted by Gasteiger charge is 2.28. The summed E-state index contributed by atoms with van der Waals surface area (Å²) in [6.07, 6.45) is 0. The van der Waals surface area contributed by atoms with Crippen LogP contribution >= 0.6 is 11.8 Å². The number of thioether (sulfide) groups is 1. The number of hydrogen-bond donors (Lipinski definition) is 1. The second kappa shape index (κ2) is 5.56. The summed E-state index contributed by atoms with van der Waals surface area (Å²) in [7, 11) is 1.44. The molecule has 1 saturated heterocycles. The molecule has 1 aliphatic heterocycles. The molecule has 0 saturated carbocycles. The van der Waals surface area contributed by atoms with Gasteiger partial charge in [-0.2, -0.15) is 11.8 Å². The van der Waals surface area contributed by atoms with Gasteiger partial charge in [-0.25, -0.2) is 0 Å². The molecule has 1 N–H and O–H groups in total. The van der Waals surface area contributed by atoms with Crippen molar-refractivity contribution in [2.75, 3.05) is 18.6 Å². The lowest BCUT2D eigenvalue weighted by molar-refractivity contribution is -0.142. The number of ether oxygens (including phenoxy) is 1. The average Bonchev–Trinajstić information content (AvgIpc) is 2.38. The summed E-state index contributed by atoms with van der Waals surface area (Å²) in [5.41, 5.74) is 2.53. The number of nitrogens with one attached hydrogen (secondary N) is 1. The monoisotopic (exact) mass is 251 g/mol. The third-order valence-corrected chi connectivity index (χ3v) is 4.16. The van der Waals surface area contributed by atoms with Crippen LogP contribution in [0, 0.1) is 6.92 Å². The fraction of sp³-hybridized carbons (Fsp3) is 0.462. The van der Waals surface area contributed by atoms with Crippen molar-refractivity contribution in [2.45, 2.75) is 19.0 Å². The minimum atomic E-state index is -0.191. The van der Waals surface area contributed by atoms with E-state index in [1.165, 1.54) is 18.2 Å². The fourth-order valence-corrected chi connectivity index (χ4v) is 3.19. The molecule has 4 heteroatoms. The number of methoxy groups -OCH3 is 1. The summed E-state index contributed by atoms with van der Waals surface area (Å²) in [6.45, 7) is 2.10. The van der Waals surface area contributed by atoms with Crippen LogP contribution in [0.25, 0.3) is 0 Å². The molecule has 1 aromatic carbocycles. The number of rotatable bonds is 2. The van der Waals surface area contributed by atoms with Crippen LogP contribution in [0.3, 0.4) is 0 Å². The van der Waals surface area contributed by atoms with Crippen molar-refractivity contribution in [2.24, 2.45) is 0 Å². The van der Waals surface area contributed by atoms with Crippen LogP contribution in [0.5, 0.6) is 0 Å². The maximum atomic E-state index is 11.5. The predicted octanol–water partition coefficient (Wildman–Crippen LogP) is 1.91. The lowest BCUT2D eigenvalue weighted by atomic mass is 10.0. The van der Waals surface area contributed by atoms with E-state index in [1.54, 1.807) is 11.8 Å². The molecule has 1 aliphatic rings. The number of hydrogen-bond acceptors (Lipinski definition) is 4. The zero-order chi connectivity index (χ0) is 12.3. The Morgan fingerprint density at radius 1 is 1.41 bits per heavy atom. The smallest absolute Gasteiger partial charge is 0.323 e. The Morgan fingerprint density at radius 3 is 2.88 bits per heavy atom. The zero-order valence-corrected chi connectivity index (χ0v) is 10.9. The molecule has 2 rings (SSSR count). The maximum Gasteiger partial charge on any atom is 0.323 e. The average molecular weight is 251 g/mol. The molecule has 2 unspecified atom stereocenters. The Bertz CT molecular complexity index is 408. The van der Waals surface area contributed by atoms with Gasteiger partial charge in [-0.3, -0.25) is 10.1 Å². The van der Waals surface area contributed by atoms with Gasteiger partial charge in [-0.1, -0.05) is 24.3 Å². The number of esters is 1.